The van der Waals surface area contributed by atoms with Crippen LogP contribution in [0.3, 0.4) is 0 Å². The number of piperidine rings is 1. The van der Waals surface area contributed by atoms with E-state index in [4.69, 9.17) is 9.72 Å². The molecule has 4 rings (SSSR count). The monoisotopic (exact) mass is 365 g/mol. The number of thiazole rings is 1. The summed E-state index contributed by atoms with van der Waals surface area (Å²) in [7, 11) is 1.70. The second-order valence-corrected chi connectivity index (χ2v) is 7.53. The Kier molecular flexibility index (Phi) is 4.89. The van der Waals surface area contributed by atoms with Gasteiger partial charge in [0, 0.05) is 35.8 Å². The maximum atomic E-state index is 5.35. The average Bonchev–Trinajstić information content (AvgIpc) is 3.19. The van der Waals surface area contributed by atoms with Gasteiger partial charge in [0.2, 0.25) is 0 Å². The molecule has 0 N–H and O–H groups in total. The van der Waals surface area contributed by atoms with E-state index in [-0.39, 0.29) is 0 Å². The minimum atomic E-state index is 0.907. The molecule has 26 heavy (non-hydrogen) atoms. The van der Waals surface area contributed by atoms with E-state index in [0.29, 0.717) is 0 Å². The summed E-state index contributed by atoms with van der Waals surface area (Å²) in [5.41, 5.74) is 4.39. The molecular weight excluding hydrogens is 342 g/mol. The number of rotatable bonds is 4. The van der Waals surface area contributed by atoms with E-state index in [9.17, 15) is 0 Å². The first-order chi connectivity index (χ1) is 12.7. The van der Waals surface area contributed by atoms with Crippen LogP contribution in [0.1, 0.15) is 24.8 Å². The van der Waals surface area contributed by atoms with Crippen LogP contribution in [0.5, 0.6) is 5.75 Å². The largest absolute Gasteiger partial charge is 0.496 e. The van der Waals surface area contributed by atoms with Crippen LogP contribution in [-0.4, -0.2) is 30.2 Å². The second kappa shape index (κ2) is 7.46. The smallest absolute Gasteiger partial charge is 0.129 e. The minimum Gasteiger partial charge on any atom is -0.496 e. The van der Waals surface area contributed by atoms with Crippen molar-refractivity contribution in [3.8, 4) is 27.6 Å². The van der Waals surface area contributed by atoms with Gasteiger partial charge in [-0.2, -0.15) is 0 Å². The molecule has 1 fully saturated rings. The molecule has 4 nitrogen and oxygen atoms in total. The highest BCUT2D eigenvalue weighted by Gasteiger charge is 2.14. The highest BCUT2D eigenvalue weighted by molar-refractivity contribution is 7.13. The van der Waals surface area contributed by atoms with Gasteiger partial charge in [-0.3, -0.25) is 0 Å². The molecule has 0 unspecified atom stereocenters. The molecule has 1 aromatic carbocycles. The lowest BCUT2D eigenvalue weighted by atomic mass is 10.1. The fourth-order valence-corrected chi connectivity index (χ4v) is 4.25. The van der Waals surface area contributed by atoms with E-state index in [2.05, 4.69) is 46.5 Å². The Morgan fingerprint density at radius 3 is 2.65 bits per heavy atom. The molecule has 1 aliphatic rings. The van der Waals surface area contributed by atoms with Crippen LogP contribution < -0.4 is 9.64 Å². The topological polar surface area (TPSA) is 38.2 Å². The molecular formula is C21H23N3OS. The summed E-state index contributed by atoms with van der Waals surface area (Å²) in [5.74, 6) is 1.98. The average molecular weight is 366 g/mol. The van der Waals surface area contributed by atoms with Gasteiger partial charge in [-0.1, -0.05) is 0 Å². The number of methoxy groups -OCH3 is 1. The molecule has 0 spiro atoms. The molecule has 5 heteroatoms. The summed E-state index contributed by atoms with van der Waals surface area (Å²) in [6.07, 6.45) is 5.74. The van der Waals surface area contributed by atoms with Gasteiger partial charge in [0.1, 0.15) is 16.6 Å². The lowest BCUT2D eigenvalue weighted by Gasteiger charge is -2.27. The number of pyridine rings is 1. The van der Waals surface area contributed by atoms with Gasteiger partial charge in [0.15, 0.2) is 0 Å². The van der Waals surface area contributed by atoms with E-state index >= 15 is 0 Å². The molecule has 0 amide bonds. The Balaban J connectivity index is 1.61. The maximum absolute atomic E-state index is 5.35. The minimum absolute atomic E-state index is 0.907. The highest BCUT2D eigenvalue weighted by atomic mass is 32.1. The summed E-state index contributed by atoms with van der Waals surface area (Å²) in [6, 6.07) is 10.4. The van der Waals surface area contributed by atoms with Gasteiger partial charge in [-0.15, -0.1) is 11.3 Å². The van der Waals surface area contributed by atoms with Crippen molar-refractivity contribution < 1.29 is 4.74 Å². The molecule has 0 aliphatic carbocycles. The third-order valence-corrected chi connectivity index (χ3v) is 5.76. The molecule has 0 radical (unpaired) electrons. The zero-order valence-corrected chi connectivity index (χ0v) is 16.1. The number of aryl methyl sites for hydroxylation is 1. The molecule has 3 aromatic rings. The van der Waals surface area contributed by atoms with Crippen molar-refractivity contribution in [3.05, 3.63) is 47.5 Å². The summed E-state index contributed by atoms with van der Waals surface area (Å²) in [5, 5.41) is 3.16. The van der Waals surface area contributed by atoms with E-state index in [1.54, 1.807) is 18.4 Å². The second-order valence-electron chi connectivity index (χ2n) is 6.67. The highest BCUT2D eigenvalue weighted by Crippen LogP contribution is 2.32. The van der Waals surface area contributed by atoms with Crippen LogP contribution >= 0.6 is 11.3 Å². The maximum Gasteiger partial charge on any atom is 0.129 e. The number of benzene rings is 1. The Hall–Kier alpha value is -2.40. The zero-order valence-electron chi connectivity index (χ0n) is 15.2. The van der Waals surface area contributed by atoms with E-state index in [1.807, 2.05) is 12.3 Å². The Morgan fingerprint density at radius 1 is 1.04 bits per heavy atom. The molecule has 1 aliphatic heterocycles. The molecule has 0 atom stereocenters. The van der Waals surface area contributed by atoms with Crippen LogP contribution in [0.4, 0.5) is 5.82 Å². The summed E-state index contributed by atoms with van der Waals surface area (Å²) < 4.78 is 5.35. The third kappa shape index (κ3) is 3.44. The normalized spacial score (nSPS) is 14.5. The molecule has 2 aromatic heterocycles. The lowest BCUT2D eigenvalue weighted by Crippen LogP contribution is -2.30. The van der Waals surface area contributed by atoms with Crippen LogP contribution in [0.25, 0.3) is 21.8 Å². The van der Waals surface area contributed by atoms with E-state index < -0.39 is 0 Å². The lowest BCUT2D eigenvalue weighted by molar-refractivity contribution is 0.412. The number of hydrogen-bond acceptors (Lipinski definition) is 5. The number of hydrogen-bond donors (Lipinski definition) is 0. The summed E-state index contributed by atoms with van der Waals surface area (Å²) >= 11 is 1.68. The van der Waals surface area contributed by atoms with Gasteiger partial charge < -0.3 is 9.64 Å². The summed E-state index contributed by atoms with van der Waals surface area (Å²) in [6.45, 7) is 4.26. The summed E-state index contributed by atoms with van der Waals surface area (Å²) in [4.78, 5) is 11.8. The molecule has 0 saturated carbocycles. The van der Waals surface area contributed by atoms with E-state index in [0.717, 1.165) is 52.0 Å². The Bertz CT molecular complexity index is 900. The first kappa shape index (κ1) is 17.0. The van der Waals surface area contributed by atoms with Gasteiger partial charge in [0.05, 0.1) is 12.8 Å². The Labute approximate surface area is 158 Å². The molecule has 3 heterocycles. The van der Waals surface area contributed by atoms with Crippen molar-refractivity contribution in [2.24, 2.45) is 0 Å². The van der Waals surface area contributed by atoms with Crippen molar-refractivity contribution in [3.63, 3.8) is 0 Å². The van der Waals surface area contributed by atoms with Crippen LogP contribution in [0.2, 0.25) is 0 Å². The third-order valence-electron chi connectivity index (χ3n) is 4.87. The van der Waals surface area contributed by atoms with E-state index in [1.165, 1.54) is 19.3 Å². The fraction of sp³-hybridized carbons (Fsp3) is 0.333. The first-order valence-corrected chi connectivity index (χ1v) is 9.94. The van der Waals surface area contributed by atoms with Crippen LogP contribution in [0.15, 0.2) is 41.9 Å². The zero-order chi connectivity index (χ0) is 17.9. The van der Waals surface area contributed by atoms with Crippen molar-refractivity contribution in [2.45, 2.75) is 26.2 Å². The number of aromatic nitrogens is 2. The van der Waals surface area contributed by atoms with Crippen LogP contribution in [0, 0.1) is 6.92 Å². The quantitative estimate of drug-likeness (QED) is 0.638. The molecule has 134 valence electrons. The SMILES string of the molecule is COc1ccc(-c2csc(-c3ccnc(N4CCCCC4)c3)n2)cc1C. The van der Waals surface area contributed by atoms with Crippen molar-refractivity contribution in [1.82, 2.24) is 9.97 Å². The van der Waals surface area contributed by atoms with Crippen molar-refractivity contribution >= 4 is 17.2 Å². The Morgan fingerprint density at radius 2 is 1.88 bits per heavy atom. The predicted octanol–water partition coefficient (Wildman–Crippen LogP) is 5.18. The first-order valence-electron chi connectivity index (χ1n) is 9.06. The predicted molar refractivity (Wildman–Crippen MR) is 108 cm³/mol. The van der Waals surface area contributed by atoms with Gasteiger partial charge in [-0.05, 0) is 62.1 Å². The number of ether oxygens (including phenoxy) is 1. The van der Waals surface area contributed by atoms with Gasteiger partial charge in [0.25, 0.3) is 0 Å². The van der Waals surface area contributed by atoms with Gasteiger partial charge >= 0.3 is 0 Å². The van der Waals surface area contributed by atoms with Crippen molar-refractivity contribution in [2.75, 3.05) is 25.1 Å². The van der Waals surface area contributed by atoms with Crippen LogP contribution in [-0.2, 0) is 0 Å². The molecule has 0 bridgehead atoms. The molecule has 1 saturated heterocycles. The fourth-order valence-electron chi connectivity index (χ4n) is 3.42. The number of nitrogens with zero attached hydrogens (tertiary/aromatic N) is 3. The van der Waals surface area contributed by atoms with Gasteiger partial charge in [-0.25, -0.2) is 9.97 Å². The standard InChI is InChI=1S/C21H23N3OS/c1-15-12-16(6-7-19(15)25-2)18-14-26-21(23-18)17-8-9-22-20(13-17)24-10-4-3-5-11-24/h6-9,12-14H,3-5,10-11H2,1-2H3. The van der Waals surface area contributed by atoms with Crippen molar-refractivity contribution in [1.29, 1.82) is 0 Å². The number of anilines is 1.